The molecule has 0 radical (unpaired) electrons. The number of rotatable bonds is 3. The van der Waals surface area contributed by atoms with Gasteiger partial charge in [-0.05, 0) is 37.3 Å². The number of halogens is 2. The van der Waals surface area contributed by atoms with Crippen LogP contribution in [-0.4, -0.2) is 9.55 Å². The fraction of sp³-hybridized carbons (Fsp3) is 0.214. The molecule has 0 bridgehead atoms. The third-order valence-corrected chi connectivity index (χ3v) is 3.92. The molecule has 1 aromatic carbocycles. The molecule has 2 heterocycles. The minimum absolute atomic E-state index is 0.0647. The summed E-state index contributed by atoms with van der Waals surface area (Å²) >= 11 is 9.49. The van der Waals surface area contributed by atoms with Gasteiger partial charge >= 0.3 is 0 Å². The fourth-order valence-corrected chi connectivity index (χ4v) is 2.84. The van der Waals surface area contributed by atoms with E-state index in [1.54, 1.807) is 6.26 Å². The predicted octanol–water partition coefficient (Wildman–Crippen LogP) is 4.74. The highest BCUT2D eigenvalue weighted by molar-refractivity contribution is 9.10. The zero-order valence-corrected chi connectivity index (χ0v) is 12.6. The molecular formula is C14H12BrClN2O. The van der Waals surface area contributed by atoms with Crippen LogP contribution in [-0.2, 0) is 5.88 Å². The van der Waals surface area contributed by atoms with Gasteiger partial charge in [-0.1, -0.05) is 15.9 Å². The van der Waals surface area contributed by atoms with Crippen LogP contribution in [0.4, 0.5) is 0 Å². The molecule has 0 N–H and O–H groups in total. The lowest BCUT2D eigenvalue weighted by Gasteiger charge is -2.14. The second kappa shape index (κ2) is 5.02. The predicted molar refractivity (Wildman–Crippen MR) is 79.5 cm³/mol. The first-order valence-corrected chi connectivity index (χ1v) is 7.29. The molecular weight excluding hydrogens is 328 g/mol. The Kier molecular flexibility index (Phi) is 3.37. The molecule has 0 saturated carbocycles. The highest BCUT2D eigenvalue weighted by Gasteiger charge is 2.18. The van der Waals surface area contributed by atoms with E-state index in [1.165, 1.54) is 0 Å². The van der Waals surface area contributed by atoms with Gasteiger partial charge in [0.05, 0.1) is 29.2 Å². The summed E-state index contributed by atoms with van der Waals surface area (Å²) in [7, 11) is 0. The van der Waals surface area contributed by atoms with Crippen molar-refractivity contribution in [3.63, 3.8) is 0 Å². The lowest BCUT2D eigenvalue weighted by molar-refractivity contribution is 0.446. The molecule has 0 saturated heterocycles. The van der Waals surface area contributed by atoms with E-state index in [9.17, 15) is 0 Å². The second-order valence-electron chi connectivity index (χ2n) is 4.36. The highest BCUT2D eigenvalue weighted by atomic mass is 79.9. The maximum absolute atomic E-state index is 6.02. The maximum atomic E-state index is 6.02. The summed E-state index contributed by atoms with van der Waals surface area (Å²) in [5.41, 5.74) is 1.99. The van der Waals surface area contributed by atoms with Gasteiger partial charge < -0.3 is 8.98 Å². The van der Waals surface area contributed by atoms with E-state index < -0.39 is 0 Å². The van der Waals surface area contributed by atoms with Gasteiger partial charge in [0.25, 0.3) is 0 Å². The molecule has 0 aliphatic rings. The minimum atomic E-state index is 0.0647. The Bertz CT molecular complexity index is 706. The summed E-state index contributed by atoms with van der Waals surface area (Å²) in [6, 6.07) is 9.97. The third kappa shape index (κ3) is 2.19. The average Bonchev–Trinajstić information content (AvgIpc) is 3.04. The van der Waals surface area contributed by atoms with Crippen molar-refractivity contribution >= 4 is 38.6 Å². The van der Waals surface area contributed by atoms with Gasteiger partial charge in [0.1, 0.15) is 11.6 Å². The van der Waals surface area contributed by atoms with Gasteiger partial charge in [-0.15, -0.1) is 11.6 Å². The summed E-state index contributed by atoms with van der Waals surface area (Å²) in [4.78, 5) is 4.58. The molecule has 0 fully saturated rings. The molecule has 5 heteroatoms. The van der Waals surface area contributed by atoms with Crippen LogP contribution in [0.15, 0.2) is 45.5 Å². The van der Waals surface area contributed by atoms with E-state index in [2.05, 4.69) is 32.4 Å². The van der Waals surface area contributed by atoms with Crippen molar-refractivity contribution in [3.05, 3.63) is 52.7 Å². The van der Waals surface area contributed by atoms with Crippen molar-refractivity contribution in [3.8, 4) is 0 Å². The van der Waals surface area contributed by atoms with E-state index in [1.807, 2.05) is 30.3 Å². The number of alkyl halides is 1. The molecule has 19 heavy (non-hydrogen) atoms. The van der Waals surface area contributed by atoms with Crippen LogP contribution in [0.5, 0.6) is 0 Å². The Morgan fingerprint density at radius 3 is 2.95 bits per heavy atom. The molecule has 1 unspecified atom stereocenters. The number of hydrogen-bond acceptors (Lipinski definition) is 2. The van der Waals surface area contributed by atoms with Crippen molar-refractivity contribution < 1.29 is 4.42 Å². The van der Waals surface area contributed by atoms with Gasteiger partial charge in [0.15, 0.2) is 0 Å². The number of nitrogens with zero attached hydrogens (tertiary/aromatic N) is 2. The molecule has 0 aliphatic carbocycles. The molecule has 0 spiro atoms. The molecule has 0 amide bonds. The zero-order valence-electron chi connectivity index (χ0n) is 10.3. The van der Waals surface area contributed by atoms with Crippen LogP contribution in [0.25, 0.3) is 11.0 Å². The van der Waals surface area contributed by atoms with Gasteiger partial charge in [-0.2, -0.15) is 0 Å². The van der Waals surface area contributed by atoms with E-state index >= 15 is 0 Å². The molecule has 1 atom stereocenters. The van der Waals surface area contributed by atoms with Gasteiger partial charge in [0.2, 0.25) is 0 Å². The van der Waals surface area contributed by atoms with Gasteiger partial charge in [-0.3, -0.25) is 0 Å². The van der Waals surface area contributed by atoms with Crippen LogP contribution >= 0.6 is 27.5 Å². The number of benzene rings is 1. The number of aromatic nitrogens is 2. The van der Waals surface area contributed by atoms with Gasteiger partial charge in [0, 0.05) is 4.47 Å². The third-order valence-electron chi connectivity index (χ3n) is 3.19. The normalized spacial score (nSPS) is 13.0. The first-order chi connectivity index (χ1) is 9.20. The highest BCUT2D eigenvalue weighted by Crippen LogP contribution is 2.28. The summed E-state index contributed by atoms with van der Waals surface area (Å²) in [6.07, 6.45) is 1.68. The van der Waals surface area contributed by atoms with Gasteiger partial charge in [-0.25, -0.2) is 4.98 Å². The van der Waals surface area contributed by atoms with Crippen LogP contribution in [0.3, 0.4) is 0 Å². The molecule has 3 nitrogen and oxygen atoms in total. The number of hydrogen-bond donors (Lipinski definition) is 0. The molecule has 3 aromatic rings. The van der Waals surface area contributed by atoms with Crippen LogP contribution in [0.1, 0.15) is 24.6 Å². The van der Waals surface area contributed by atoms with Crippen molar-refractivity contribution in [2.75, 3.05) is 0 Å². The second-order valence-corrected chi connectivity index (χ2v) is 5.54. The topological polar surface area (TPSA) is 31.0 Å². The Labute approximate surface area is 124 Å². The molecule has 0 aliphatic heterocycles. The molecule has 98 valence electrons. The van der Waals surface area contributed by atoms with Crippen LogP contribution in [0, 0.1) is 0 Å². The summed E-state index contributed by atoms with van der Waals surface area (Å²) in [6.45, 7) is 2.08. The fourth-order valence-electron chi connectivity index (χ4n) is 2.30. The zero-order chi connectivity index (χ0) is 13.4. The molecule has 3 rings (SSSR count). The first-order valence-electron chi connectivity index (χ1n) is 5.96. The van der Waals surface area contributed by atoms with E-state index in [0.29, 0.717) is 5.88 Å². The monoisotopic (exact) mass is 338 g/mol. The maximum Gasteiger partial charge on any atom is 0.126 e. The Balaban J connectivity index is 2.21. The number of fused-ring (bicyclic) bond motifs is 1. The lowest BCUT2D eigenvalue weighted by Crippen LogP contribution is -2.09. The van der Waals surface area contributed by atoms with E-state index in [4.69, 9.17) is 16.0 Å². The number of furan rings is 1. The number of imidazole rings is 1. The SMILES string of the molecule is CC(c1ccco1)n1c(CCl)nc2cc(Br)ccc21. The smallest absolute Gasteiger partial charge is 0.126 e. The van der Waals surface area contributed by atoms with Crippen LogP contribution in [0.2, 0.25) is 0 Å². The Morgan fingerprint density at radius 2 is 2.26 bits per heavy atom. The lowest BCUT2D eigenvalue weighted by atomic mass is 10.2. The van der Waals surface area contributed by atoms with E-state index in [-0.39, 0.29) is 6.04 Å². The first kappa shape index (κ1) is 12.8. The molecule has 2 aromatic heterocycles. The van der Waals surface area contributed by atoms with Crippen LogP contribution < -0.4 is 0 Å². The summed E-state index contributed by atoms with van der Waals surface area (Å²) in [5.74, 6) is 2.12. The standard InChI is InChI=1S/C14H12BrClN2O/c1-9(13-3-2-6-19-13)18-12-5-4-10(15)7-11(12)17-14(18)8-16/h2-7,9H,8H2,1H3. The largest absolute Gasteiger partial charge is 0.467 e. The Hall–Kier alpha value is -1.26. The minimum Gasteiger partial charge on any atom is -0.467 e. The summed E-state index contributed by atoms with van der Waals surface area (Å²) < 4.78 is 8.62. The van der Waals surface area contributed by atoms with Crippen molar-refractivity contribution in [1.29, 1.82) is 0 Å². The van der Waals surface area contributed by atoms with Crippen molar-refractivity contribution in [2.24, 2.45) is 0 Å². The average molecular weight is 340 g/mol. The quantitative estimate of drug-likeness (QED) is 0.645. The van der Waals surface area contributed by atoms with Crippen molar-refractivity contribution in [2.45, 2.75) is 18.8 Å². The summed E-state index contributed by atoms with van der Waals surface area (Å²) in [5, 5.41) is 0. The van der Waals surface area contributed by atoms with Crippen molar-refractivity contribution in [1.82, 2.24) is 9.55 Å². The Morgan fingerprint density at radius 1 is 1.42 bits per heavy atom. The van der Waals surface area contributed by atoms with E-state index in [0.717, 1.165) is 27.1 Å².